The van der Waals surface area contributed by atoms with Gasteiger partial charge in [-0.3, -0.25) is 0 Å². The molecule has 0 saturated heterocycles. The molecule has 0 radical (unpaired) electrons. The third kappa shape index (κ3) is 64.0. The van der Waals surface area contributed by atoms with Gasteiger partial charge in [-0.05, 0) is 49.4 Å². The summed E-state index contributed by atoms with van der Waals surface area (Å²) in [6.07, 6.45) is 31.7. The van der Waals surface area contributed by atoms with Crippen LogP contribution in [0, 0.1) is 23.7 Å². The van der Waals surface area contributed by atoms with Crippen molar-refractivity contribution in [2.45, 2.75) is 173 Å². The molecule has 0 N–H and O–H groups in total. The SMILES string of the molecule is CC(C)CCCC(C)C.CC(C)CCCC(C)C.CCC=CC=CCCC.CCCC=CCCCC. The van der Waals surface area contributed by atoms with Crippen molar-refractivity contribution in [3.63, 3.8) is 0 Å². The third-order valence-electron chi connectivity index (χ3n) is 5.55. The molecule has 0 saturated carbocycles. The van der Waals surface area contributed by atoms with Gasteiger partial charge in [-0.1, -0.05) is 184 Å². The minimum Gasteiger partial charge on any atom is -0.0885 e. The molecule has 36 heavy (non-hydrogen) atoms. The van der Waals surface area contributed by atoms with E-state index in [4.69, 9.17) is 0 Å². The summed E-state index contributed by atoms with van der Waals surface area (Å²) in [5.74, 6) is 3.57. The summed E-state index contributed by atoms with van der Waals surface area (Å²) in [6.45, 7) is 27.1. The van der Waals surface area contributed by atoms with Crippen molar-refractivity contribution < 1.29 is 0 Å². The van der Waals surface area contributed by atoms with E-state index in [1.54, 1.807) is 0 Å². The maximum absolute atomic E-state index is 2.30. The van der Waals surface area contributed by atoms with Gasteiger partial charge in [-0.25, -0.2) is 0 Å². The van der Waals surface area contributed by atoms with Crippen molar-refractivity contribution in [3.8, 4) is 0 Å². The summed E-state index contributed by atoms with van der Waals surface area (Å²) in [6, 6.07) is 0. The van der Waals surface area contributed by atoms with Crippen molar-refractivity contribution in [2.75, 3.05) is 0 Å². The molecule has 0 heterocycles. The average molecular weight is 507 g/mol. The highest BCUT2D eigenvalue weighted by Crippen LogP contribution is 2.11. The lowest BCUT2D eigenvalue weighted by molar-refractivity contribution is 0.480. The minimum atomic E-state index is 0.892. The van der Waals surface area contributed by atoms with E-state index in [1.165, 1.54) is 83.5 Å². The van der Waals surface area contributed by atoms with E-state index >= 15 is 0 Å². The second-order valence-electron chi connectivity index (χ2n) is 11.9. The van der Waals surface area contributed by atoms with Gasteiger partial charge in [0.2, 0.25) is 0 Å². The molecule has 0 amide bonds. The Hall–Kier alpha value is -0.780. The maximum atomic E-state index is 2.30. The van der Waals surface area contributed by atoms with E-state index in [9.17, 15) is 0 Å². The van der Waals surface area contributed by atoms with Crippen molar-refractivity contribution in [2.24, 2.45) is 23.7 Å². The smallest absolute Gasteiger partial charge is 0.0350 e. The Labute approximate surface area is 232 Å². The predicted octanol–water partition coefficient (Wildman–Crippen LogP) is 13.8. The van der Waals surface area contributed by atoms with Crippen LogP contribution in [0.5, 0.6) is 0 Å². The summed E-state index contributed by atoms with van der Waals surface area (Å²) in [4.78, 5) is 0. The van der Waals surface area contributed by atoms with E-state index in [2.05, 4.69) is 120 Å². The molecule has 0 rings (SSSR count). The van der Waals surface area contributed by atoms with Crippen LogP contribution in [0.4, 0.5) is 0 Å². The molecule has 0 heteroatoms. The first kappa shape index (κ1) is 42.3. The molecule has 0 spiro atoms. The second-order valence-corrected chi connectivity index (χ2v) is 11.9. The maximum Gasteiger partial charge on any atom is -0.0350 e. The number of unbranched alkanes of at least 4 members (excludes halogenated alkanes) is 4. The summed E-state index contributed by atoms with van der Waals surface area (Å²) in [5.41, 5.74) is 0. The van der Waals surface area contributed by atoms with Gasteiger partial charge in [0.05, 0.1) is 0 Å². The lowest BCUT2D eigenvalue weighted by Crippen LogP contribution is -1.91. The number of hydrogen-bond acceptors (Lipinski definition) is 0. The lowest BCUT2D eigenvalue weighted by atomic mass is 10.0. The summed E-state index contributed by atoms with van der Waals surface area (Å²) >= 11 is 0. The highest BCUT2D eigenvalue weighted by molar-refractivity contribution is 5.01. The van der Waals surface area contributed by atoms with Crippen LogP contribution in [0.1, 0.15) is 173 Å². The van der Waals surface area contributed by atoms with Crippen LogP contribution in [0.15, 0.2) is 36.5 Å². The van der Waals surface area contributed by atoms with Crippen molar-refractivity contribution in [1.82, 2.24) is 0 Å². The Bertz CT molecular complexity index is 385. The van der Waals surface area contributed by atoms with Gasteiger partial charge < -0.3 is 0 Å². The zero-order valence-corrected chi connectivity index (χ0v) is 27.7. The van der Waals surface area contributed by atoms with Crippen molar-refractivity contribution in [1.29, 1.82) is 0 Å². The molecular formula is C36H74. The van der Waals surface area contributed by atoms with Gasteiger partial charge >= 0.3 is 0 Å². The van der Waals surface area contributed by atoms with Crippen LogP contribution in [0.3, 0.4) is 0 Å². The monoisotopic (exact) mass is 507 g/mol. The molecule has 0 aromatic rings. The summed E-state index contributed by atoms with van der Waals surface area (Å²) in [7, 11) is 0. The molecule has 0 aromatic carbocycles. The molecule has 0 fully saturated rings. The summed E-state index contributed by atoms with van der Waals surface area (Å²) in [5, 5.41) is 0. The van der Waals surface area contributed by atoms with E-state index in [0.29, 0.717) is 0 Å². The van der Waals surface area contributed by atoms with Gasteiger partial charge in [-0.15, -0.1) is 0 Å². The third-order valence-corrected chi connectivity index (χ3v) is 5.55. The Kier molecular flexibility index (Phi) is 45.5. The number of rotatable bonds is 17. The Balaban J connectivity index is -0.000000190. The number of allylic oxidation sites excluding steroid dienone is 6. The molecule has 0 unspecified atom stereocenters. The van der Waals surface area contributed by atoms with Gasteiger partial charge in [0.25, 0.3) is 0 Å². The molecule has 0 aliphatic rings. The van der Waals surface area contributed by atoms with Crippen LogP contribution >= 0.6 is 0 Å². The first-order valence-corrected chi connectivity index (χ1v) is 16.0. The fourth-order valence-corrected chi connectivity index (χ4v) is 3.15. The molecule has 0 bridgehead atoms. The van der Waals surface area contributed by atoms with Gasteiger partial charge in [0.1, 0.15) is 0 Å². The summed E-state index contributed by atoms with van der Waals surface area (Å²) < 4.78 is 0. The quantitative estimate of drug-likeness (QED) is 0.104. The molecule has 0 aliphatic heterocycles. The van der Waals surface area contributed by atoms with Gasteiger partial charge in [-0.2, -0.15) is 0 Å². The molecule has 0 aromatic heterocycles. The van der Waals surface area contributed by atoms with E-state index < -0.39 is 0 Å². The van der Waals surface area contributed by atoms with Crippen LogP contribution in [-0.4, -0.2) is 0 Å². The first-order valence-electron chi connectivity index (χ1n) is 16.0. The highest BCUT2D eigenvalue weighted by Gasteiger charge is 1.96. The highest BCUT2D eigenvalue weighted by atomic mass is 14.0. The molecule has 0 atom stereocenters. The predicted molar refractivity (Wildman–Crippen MR) is 174 cm³/mol. The fraction of sp³-hybridized carbons (Fsp3) is 0.833. The Morgan fingerprint density at radius 2 is 0.750 bits per heavy atom. The van der Waals surface area contributed by atoms with E-state index in [1.807, 2.05) is 0 Å². The Morgan fingerprint density at radius 3 is 1.08 bits per heavy atom. The first-order chi connectivity index (χ1) is 17.1. The van der Waals surface area contributed by atoms with Crippen molar-refractivity contribution in [3.05, 3.63) is 36.5 Å². The number of hydrogen-bond donors (Lipinski definition) is 0. The van der Waals surface area contributed by atoms with E-state index in [-0.39, 0.29) is 0 Å². The van der Waals surface area contributed by atoms with Crippen LogP contribution in [0.2, 0.25) is 0 Å². The van der Waals surface area contributed by atoms with Crippen LogP contribution in [-0.2, 0) is 0 Å². The second kappa shape index (κ2) is 38.7. The average Bonchev–Trinajstić information content (AvgIpc) is 2.79. The normalized spacial score (nSPS) is 11.3. The lowest BCUT2D eigenvalue weighted by Gasteiger charge is -2.05. The van der Waals surface area contributed by atoms with Crippen molar-refractivity contribution >= 4 is 0 Å². The van der Waals surface area contributed by atoms with E-state index in [0.717, 1.165) is 30.1 Å². The van der Waals surface area contributed by atoms with Gasteiger partial charge in [0, 0.05) is 0 Å². The zero-order chi connectivity index (χ0) is 28.5. The Morgan fingerprint density at radius 1 is 0.389 bits per heavy atom. The topological polar surface area (TPSA) is 0 Å². The zero-order valence-electron chi connectivity index (χ0n) is 27.7. The van der Waals surface area contributed by atoms with Crippen LogP contribution < -0.4 is 0 Å². The minimum absolute atomic E-state index is 0.892. The molecule has 0 aliphatic carbocycles. The standard InChI is InChI=1S/2C9H20.C9H18.C9H16/c2*1-8(2)6-5-7-9(3)4;2*1-3-5-7-9-8-6-4-2/h2*8-9H,5-7H2,1-4H3;7,9H,3-6,8H2,1-2H3;5,7-9H,3-4,6H2,1-2H3. The fourth-order valence-electron chi connectivity index (χ4n) is 3.15. The molecular weight excluding hydrogens is 432 g/mol. The largest absolute Gasteiger partial charge is 0.0885 e. The van der Waals surface area contributed by atoms with Gasteiger partial charge in [0.15, 0.2) is 0 Å². The molecule has 218 valence electrons. The van der Waals surface area contributed by atoms with Crippen LogP contribution in [0.25, 0.3) is 0 Å². The molecule has 0 nitrogen and oxygen atoms in total.